The van der Waals surface area contributed by atoms with Crippen molar-refractivity contribution in [2.75, 3.05) is 0 Å². The molecule has 31 heavy (non-hydrogen) atoms. The van der Waals surface area contributed by atoms with Crippen molar-refractivity contribution in [2.24, 2.45) is 23.1 Å². The van der Waals surface area contributed by atoms with E-state index in [1.54, 1.807) is 13.8 Å². The molecule has 0 fully saturated rings. The van der Waals surface area contributed by atoms with Crippen LogP contribution < -0.4 is 33.2 Å². The maximum absolute atomic E-state index is 12.5. The molecule has 0 bridgehead atoms. The Bertz CT molecular complexity index is 699. The highest BCUT2D eigenvalue weighted by Gasteiger charge is 2.30. The van der Waals surface area contributed by atoms with Crippen LogP contribution in [-0.4, -0.2) is 64.8 Å². The summed E-state index contributed by atoms with van der Waals surface area (Å²) in [4.78, 5) is 70.4. The molecule has 0 aromatic heterocycles. The van der Waals surface area contributed by atoms with Crippen molar-refractivity contribution in [2.45, 2.75) is 70.6 Å². The average molecular weight is 444 g/mol. The highest BCUT2D eigenvalue weighted by Crippen LogP contribution is 2.08. The Morgan fingerprint density at radius 1 is 0.871 bits per heavy atom. The maximum Gasteiger partial charge on any atom is 0.326 e. The van der Waals surface area contributed by atoms with Gasteiger partial charge >= 0.3 is 5.97 Å². The van der Waals surface area contributed by atoms with Gasteiger partial charge in [0.1, 0.15) is 18.1 Å². The topological polar surface area (TPSA) is 237 Å². The highest BCUT2D eigenvalue weighted by molar-refractivity contribution is 5.96. The molecule has 0 heterocycles. The third-order valence-electron chi connectivity index (χ3n) is 4.61. The maximum atomic E-state index is 12.5. The molecule has 0 spiro atoms. The van der Waals surface area contributed by atoms with Gasteiger partial charge in [-0.05, 0) is 19.3 Å². The van der Waals surface area contributed by atoms with Gasteiger partial charge in [-0.25, -0.2) is 4.79 Å². The van der Waals surface area contributed by atoms with Gasteiger partial charge in [-0.3, -0.25) is 24.0 Å². The van der Waals surface area contributed by atoms with E-state index in [0.717, 1.165) is 0 Å². The van der Waals surface area contributed by atoms with Gasteiger partial charge in [0.2, 0.25) is 29.5 Å². The standard InChI is InChI=1S/C18H32N6O7/c1-4-8(2)14(18(30)31)24-15(27)9(3)22-17(29)11(7-13(21)26)23-16(28)10(19)5-6-12(20)25/h8-11,14H,4-7,19H2,1-3H3,(H2,20,25)(H2,21,26)(H,22,29)(H,23,28)(H,24,27)(H,30,31). The number of nitrogens with two attached hydrogens (primary N) is 3. The van der Waals surface area contributed by atoms with Gasteiger partial charge < -0.3 is 38.3 Å². The third kappa shape index (κ3) is 10.4. The van der Waals surface area contributed by atoms with E-state index in [0.29, 0.717) is 6.42 Å². The molecule has 0 aliphatic rings. The first-order chi connectivity index (χ1) is 14.3. The first-order valence-corrected chi connectivity index (χ1v) is 9.76. The second kappa shape index (κ2) is 13.2. The van der Waals surface area contributed by atoms with Crippen LogP contribution in [0.5, 0.6) is 0 Å². The molecular formula is C18H32N6O7. The summed E-state index contributed by atoms with van der Waals surface area (Å²) in [6, 6.07) is -4.91. The lowest BCUT2D eigenvalue weighted by molar-refractivity contribution is -0.143. The number of carboxylic acid groups (broad SMARTS) is 1. The Hall–Kier alpha value is -3.22. The van der Waals surface area contributed by atoms with Crippen LogP contribution in [0, 0.1) is 5.92 Å². The molecule has 5 amide bonds. The van der Waals surface area contributed by atoms with E-state index in [9.17, 15) is 33.9 Å². The number of carboxylic acids is 1. The van der Waals surface area contributed by atoms with E-state index in [2.05, 4.69) is 16.0 Å². The summed E-state index contributed by atoms with van der Waals surface area (Å²) in [6.07, 6.45) is -0.295. The predicted octanol–water partition coefficient (Wildman–Crippen LogP) is -2.94. The number of aliphatic carboxylic acids is 1. The summed E-state index contributed by atoms with van der Waals surface area (Å²) in [7, 11) is 0. The summed E-state index contributed by atoms with van der Waals surface area (Å²) >= 11 is 0. The Morgan fingerprint density at radius 3 is 1.90 bits per heavy atom. The Labute approximate surface area is 179 Å². The molecule has 0 saturated carbocycles. The van der Waals surface area contributed by atoms with E-state index < -0.39 is 66.1 Å². The molecule has 5 atom stereocenters. The number of rotatable bonds is 14. The number of amides is 5. The molecule has 0 saturated heterocycles. The number of carbonyl (C=O) groups excluding carboxylic acids is 5. The number of hydrogen-bond acceptors (Lipinski definition) is 7. The molecule has 0 aliphatic carbocycles. The van der Waals surface area contributed by atoms with Gasteiger partial charge in [-0.1, -0.05) is 20.3 Å². The number of primary amides is 2. The van der Waals surface area contributed by atoms with Crippen molar-refractivity contribution in [3.05, 3.63) is 0 Å². The monoisotopic (exact) mass is 444 g/mol. The van der Waals surface area contributed by atoms with E-state index >= 15 is 0 Å². The lowest BCUT2D eigenvalue weighted by atomic mass is 9.99. The zero-order valence-corrected chi connectivity index (χ0v) is 17.8. The third-order valence-corrected chi connectivity index (χ3v) is 4.61. The summed E-state index contributed by atoms with van der Waals surface area (Å²) in [5, 5.41) is 16.2. The average Bonchev–Trinajstić information content (AvgIpc) is 2.67. The first-order valence-electron chi connectivity index (χ1n) is 9.76. The minimum Gasteiger partial charge on any atom is -0.480 e. The molecule has 13 heteroatoms. The molecule has 10 N–H and O–H groups in total. The van der Waals surface area contributed by atoms with Crippen LogP contribution in [0.2, 0.25) is 0 Å². The molecule has 0 aliphatic heterocycles. The fourth-order valence-corrected chi connectivity index (χ4v) is 2.46. The number of carbonyl (C=O) groups is 6. The molecular weight excluding hydrogens is 412 g/mol. The van der Waals surface area contributed by atoms with Gasteiger partial charge in [0, 0.05) is 6.42 Å². The number of hydrogen-bond donors (Lipinski definition) is 7. The molecule has 13 nitrogen and oxygen atoms in total. The zero-order valence-electron chi connectivity index (χ0n) is 17.8. The second-order valence-corrected chi connectivity index (χ2v) is 7.28. The smallest absolute Gasteiger partial charge is 0.326 e. The highest BCUT2D eigenvalue weighted by atomic mass is 16.4. The molecule has 0 rings (SSSR count). The molecule has 0 radical (unpaired) electrons. The molecule has 5 unspecified atom stereocenters. The summed E-state index contributed by atoms with van der Waals surface area (Å²) in [5.74, 6) is -5.60. The fourth-order valence-electron chi connectivity index (χ4n) is 2.46. The van der Waals surface area contributed by atoms with E-state index in [1.807, 2.05) is 0 Å². The fraction of sp³-hybridized carbons (Fsp3) is 0.667. The lowest BCUT2D eigenvalue weighted by Crippen LogP contribution is -2.57. The van der Waals surface area contributed by atoms with Gasteiger partial charge in [0.05, 0.1) is 12.5 Å². The van der Waals surface area contributed by atoms with Gasteiger partial charge in [-0.2, -0.15) is 0 Å². The van der Waals surface area contributed by atoms with Crippen LogP contribution in [-0.2, 0) is 28.8 Å². The second-order valence-electron chi connectivity index (χ2n) is 7.28. The number of nitrogens with one attached hydrogen (secondary N) is 3. The summed E-state index contributed by atoms with van der Waals surface area (Å²) in [5.41, 5.74) is 15.7. The van der Waals surface area contributed by atoms with Crippen molar-refractivity contribution in [1.82, 2.24) is 16.0 Å². The van der Waals surface area contributed by atoms with E-state index in [-0.39, 0.29) is 18.8 Å². The van der Waals surface area contributed by atoms with Gasteiger partial charge in [0.25, 0.3) is 0 Å². The van der Waals surface area contributed by atoms with Gasteiger partial charge in [-0.15, -0.1) is 0 Å². The minimum atomic E-state index is -1.43. The molecule has 0 aromatic carbocycles. The summed E-state index contributed by atoms with van der Waals surface area (Å²) in [6.45, 7) is 4.73. The van der Waals surface area contributed by atoms with Crippen LogP contribution in [0.4, 0.5) is 0 Å². The molecule has 0 aromatic rings. The van der Waals surface area contributed by atoms with Crippen LogP contribution >= 0.6 is 0 Å². The minimum absolute atomic E-state index is 0.0723. The van der Waals surface area contributed by atoms with Crippen molar-refractivity contribution < 1.29 is 33.9 Å². The van der Waals surface area contributed by atoms with Crippen LogP contribution in [0.15, 0.2) is 0 Å². The van der Waals surface area contributed by atoms with Crippen LogP contribution in [0.1, 0.15) is 46.5 Å². The first kappa shape index (κ1) is 27.8. The molecule has 176 valence electrons. The predicted molar refractivity (Wildman–Crippen MR) is 109 cm³/mol. The van der Waals surface area contributed by atoms with E-state index in [4.69, 9.17) is 17.2 Å². The van der Waals surface area contributed by atoms with Crippen molar-refractivity contribution in [1.29, 1.82) is 0 Å². The summed E-state index contributed by atoms with van der Waals surface area (Å²) < 4.78 is 0. The van der Waals surface area contributed by atoms with Crippen LogP contribution in [0.25, 0.3) is 0 Å². The van der Waals surface area contributed by atoms with Gasteiger partial charge in [0.15, 0.2) is 0 Å². The lowest BCUT2D eigenvalue weighted by Gasteiger charge is -2.24. The quantitative estimate of drug-likeness (QED) is 0.146. The Balaban J connectivity index is 5.11. The zero-order chi connectivity index (χ0) is 24.3. The largest absolute Gasteiger partial charge is 0.480 e. The Kier molecular flexibility index (Phi) is 11.8. The Morgan fingerprint density at radius 2 is 1.45 bits per heavy atom. The van der Waals surface area contributed by atoms with Crippen molar-refractivity contribution in [3.8, 4) is 0 Å². The normalized spacial score (nSPS) is 15.5. The SMILES string of the molecule is CCC(C)C(NC(=O)C(C)NC(=O)C(CC(N)=O)NC(=O)C(N)CCC(N)=O)C(=O)O. The van der Waals surface area contributed by atoms with E-state index in [1.165, 1.54) is 6.92 Å². The van der Waals surface area contributed by atoms with Crippen molar-refractivity contribution >= 4 is 35.5 Å². The van der Waals surface area contributed by atoms with Crippen molar-refractivity contribution in [3.63, 3.8) is 0 Å². The van der Waals surface area contributed by atoms with Crippen LogP contribution in [0.3, 0.4) is 0 Å².